The number of hydrogen-bond acceptors (Lipinski definition) is 5. The lowest BCUT2D eigenvalue weighted by Crippen LogP contribution is -2.40. The first-order valence-electron chi connectivity index (χ1n) is 7.44. The summed E-state index contributed by atoms with van der Waals surface area (Å²) in [7, 11) is 0. The first-order valence-corrected chi connectivity index (χ1v) is 8.81. The molecule has 2 N–H and O–H groups in total. The van der Waals surface area contributed by atoms with Crippen LogP contribution in [0.25, 0.3) is 11.4 Å². The second-order valence-corrected chi connectivity index (χ2v) is 6.13. The van der Waals surface area contributed by atoms with Gasteiger partial charge in [-0.3, -0.25) is 10.1 Å². The summed E-state index contributed by atoms with van der Waals surface area (Å²) in [6, 6.07) is 6.82. The third-order valence-electron chi connectivity index (χ3n) is 3.06. The zero-order valence-electron chi connectivity index (χ0n) is 13.4. The van der Waals surface area contributed by atoms with E-state index in [2.05, 4.69) is 20.8 Å². The van der Waals surface area contributed by atoms with E-state index in [9.17, 15) is 9.59 Å². The number of hydrogen-bond donors (Lipinski definition) is 2. The summed E-state index contributed by atoms with van der Waals surface area (Å²) in [6.07, 6.45) is 0. The van der Waals surface area contributed by atoms with Crippen molar-refractivity contribution >= 4 is 35.3 Å². The van der Waals surface area contributed by atoms with E-state index >= 15 is 0 Å². The maximum absolute atomic E-state index is 11.8. The molecule has 0 radical (unpaired) electrons. The molecule has 0 saturated heterocycles. The van der Waals surface area contributed by atoms with Crippen LogP contribution in [0.15, 0.2) is 29.4 Å². The predicted octanol–water partition coefficient (Wildman–Crippen LogP) is 2.56. The van der Waals surface area contributed by atoms with Crippen molar-refractivity contribution in [2.24, 2.45) is 0 Å². The summed E-state index contributed by atoms with van der Waals surface area (Å²) in [5, 5.41) is 14.4. The summed E-state index contributed by atoms with van der Waals surface area (Å²) in [5.41, 5.74) is 0.896. The minimum Gasteiger partial charge on any atom is -0.338 e. The van der Waals surface area contributed by atoms with Crippen molar-refractivity contribution in [2.45, 2.75) is 25.5 Å². The lowest BCUT2D eigenvalue weighted by atomic mass is 10.2. The van der Waals surface area contributed by atoms with Crippen molar-refractivity contribution in [3.63, 3.8) is 0 Å². The molecule has 0 aliphatic rings. The monoisotopic (exact) mass is 367 g/mol. The first kappa shape index (κ1) is 18.3. The van der Waals surface area contributed by atoms with Gasteiger partial charge in [-0.1, -0.05) is 23.4 Å². The third-order valence-corrected chi connectivity index (χ3v) is 4.28. The Kier molecular flexibility index (Phi) is 6.62. The zero-order valence-corrected chi connectivity index (χ0v) is 14.9. The number of halogens is 1. The van der Waals surface area contributed by atoms with E-state index in [0.717, 1.165) is 5.56 Å². The average molecular weight is 368 g/mol. The molecule has 3 amide bonds. The van der Waals surface area contributed by atoms with E-state index in [1.165, 1.54) is 11.8 Å². The lowest BCUT2D eigenvalue weighted by Gasteiger charge is -2.07. The van der Waals surface area contributed by atoms with Crippen molar-refractivity contribution in [1.82, 2.24) is 25.4 Å². The van der Waals surface area contributed by atoms with Gasteiger partial charge in [-0.2, -0.15) is 0 Å². The summed E-state index contributed by atoms with van der Waals surface area (Å²) in [6.45, 7) is 4.87. The Morgan fingerprint density at radius 3 is 2.54 bits per heavy atom. The Hall–Kier alpha value is -2.06. The Labute approximate surface area is 149 Å². The molecule has 128 valence electrons. The maximum Gasteiger partial charge on any atom is 0.321 e. The molecule has 0 fully saturated rings. The molecule has 2 aromatic rings. The van der Waals surface area contributed by atoms with Gasteiger partial charge < -0.3 is 9.88 Å². The molecule has 1 aromatic heterocycles. The molecule has 0 aliphatic carbocycles. The highest BCUT2D eigenvalue weighted by molar-refractivity contribution is 7.99. The quantitative estimate of drug-likeness (QED) is 0.766. The zero-order chi connectivity index (χ0) is 17.5. The van der Waals surface area contributed by atoms with Gasteiger partial charge >= 0.3 is 6.03 Å². The average Bonchev–Trinajstić information content (AvgIpc) is 2.96. The molecule has 1 aromatic carbocycles. The van der Waals surface area contributed by atoms with Crippen LogP contribution < -0.4 is 10.6 Å². The number of carbonyl (C=O) groups is 2. The smallest absolute Gasteiger partial charge is 0.321 e. The van der Waals surface area contributed by atoms with Gasteiger partial charge in [0.05, 0.1) is 5.75 Å². The van der Waals surface area contributed by atoms with Crippen molar-refractivity contribution in [3.05, 3.63) is 29.3 Å². The molecule has 9 heteroatoms. The lowest BCUT2D eigenvalue weighted by molar-refractivity contribution is -0.117. The van der Waals surface area contributed by atoms with Crippen molar-refractivity contribution in [3.8, 4) is 11.4 Å². The van der Waals surface area contributed by atoms with Gasteiger partial charge in [-0.05, 0) is 38.1 Å². The number of urea groups is 1. The molecule has 1 heterocycles. The number of thioether (sulfide) groups is 1. The maximum atomic E-state index is 11.8. The molecule has 0 unspecified atom stereocenters. The molecule has 0 bridgehead atoms. The Morgan fingerprint density at radius 1 is 1.21 bits per heavy atom. The van der Waals surface area contributed by atoms with Gasteiger partial charge in [0.2, 0.25) is 5.91 Å². The molecule has 24 heavy (non-hydrogen) atoms. The van der Waals surface area contributed by atoms with E-state index in [-0.39, 0.29) is 11.7 Å². The number of amides is 3. The van der Waals surface area contributed by atoms with Crippen LogP contribution in [0, 0.1) is 0 Å². The Bertz CT molecular complexity index is 717. The predicted molar refractivity (Wildman–Crippen MR) is 94.1 cm³/mol. The molecule has 0 spiro atoms. The molecule has 7 nitrogen and oxygen atoms in total. The standard InChI is InChI=1S/C15H18ClN5O2S/c1-3-17-14(23)18-12(22)9-24-15-20-19-13(21(15)4-2)10-5-7-11(16)8-6-10/h5-8H,3-4,9H2,1-2H3,(H2,17,18,22,23). The molecule has 2 rings (SSSR count). The van der Waals surface area contributed by atoms with E-state index < -0.39 is 6.03 Å². The number of nitrogens with zero attached hydrogens (tertiary/aromatic N) is 3. The minimum absolute atomic E-state index is 0.0793. The highest BCUT2D eigenvalue weighted by atomic mass is 35.5. The fourth-order valence-electron chi connectivity index (χ4n) is 1.99. The molecular weight excluding hydrogens is 350 g/mol. The normalized spacial score (nSPS) is 10.5. The van der Waals surface area contributed by atoms with Crippen LogP contribution in [0.1, 0.15) is 13.8 Å². The molecular formula is C15H18ClN5O2S. The van der Waals surface area contributed by atoms with Crippen LogP contribution >= 0.6 is 23.4 Å². The van der Waals surface area contributed by atoms with Gasteiger partial charge in [0.1, 0.15) is 0 Å². The fraction of sp³-hybridized carbons (Fsp3) is 0.333. The van der Waals surface area contributed by atoms with Crippen LogP contribution in [-0.2, 0) is 11.3 Å². The van der Waals surface area contributed by atoms with Gasteiger partial charge in [0, 0.05) is 23.7 Å². The SMILES string of the molecule is CCNC(=O)NC(=O)CSc1nnc(-c2ccc(Cl)cc2)n1CC. The van der Waals surface area contributed by atoms with Gasteiger partial charge in [0.25, 0.3) is 0 Å². The van der Waals surface area contributed by atoms with Crippen LogP contribution in [-0.4, -0.2) is 39.0 Å². The first-order chi connectivity index (χ1) is 11.5. The van der Waals surface area contributed by atoms with E-state index in [1.807, 2.05) is 23.6 Å². The van der Waals surface area contributed by atoms with Gasteiger partial charge in [0.15, 0.2) is 11.0 Å². The van der Waals surface area contributed by atoms with Crippen LogP contribution in [0.5, 0.6) is 0 Å². The minimum atomic E-state index is -0.498. The van der Waals surface area contributed by atoms with E-state index in [1.54, 1.807) is 19.1 Å². The summed E-state index contributed by atoms with van der Waals surface area (Å²) in [5.74, 6) is 0.404. The van der Waals surface area contributed by atoms with E-state index in [0.29, 0.717) is 29.1 Å². The molecule has 0 aliphatic heterocycles. The fourth-order valence-corrected chi connectivity index (χ4v) is 2.92. The summed E-state index contributed by atoms with van der Waals surface area (Å²) < 4.78 is 1.91. The van der Waals surface area contributed by atoms with E-state index in [4.69, 9.17) is 11.6 Å². The Morgan fingerprint density at radius 2 is 1.92 bits per heavy atom. The largest absolute Gasteiger partial charge is 0.338 e. The number of nitrogens with one attached hydrogen (secondary N) is 2. The van der Waals surface area contributed by atoms with Gasteiger partial charge in [-0.15, -0.1) is 10.2 Å². The third kappa shape index (κ3) is 4.72. The van der Waals surface area contributed by atoms with Crippen molar-refractivity contribution < 1.29 is 9.59 Å². The molecule has 0 atom stereocenters. The van der Waals surface area contributed by atoms with Crippen molar-refractivity contribution in [2.75, 3.05) is 12.3 Å². The van der Waals surface area contributed by atoms with Gasteiger partial charge in [-0.25, -0.2) is 4.79 Å². The molecule has 0 saturated carbocycles. The second-order valence-electron chi connectivity index (χ2n) is 4.75. The number of carbonyl (C=O) groups excluding carboxylic acids is 2. The second kappa shape index (κ2) is 8.70. The number of aromatic nitrogens is 3. The summed E-state index contributed by atoms with van der Waals surface area (Å²) >= 11 is 7.13. The number of imide groups is 1. The number of rotatable bonds is 6. The van der Waals surface area contributed by atoms with Crippen molar-refractivity contribution in [1.29, 1.82) is 0 Å². The van der Waals surface area contributed by atoms with Crippen LogP contribution in [0.2, 0.25) is 5.02 Å². The highest BCUT2D eigenvalue weighted by Crippen LogP contribution is 2.24. The highest BCUT2D eigenvalue weighted by Gasteiger charge is 2.15. The number of benzene rings is 1. The summed E-state index contributed by atoms with van der Waals surface area (Å²) in [4.78, 5) is 23.1. The van der Waals surface area contributed by atoms with Crippen LogP contribution in [0.4, 0.5) is 4.79 Å². The van der Waals surface area contributed by atoms with Crippen LogP contribution in [0.3, 0.4) is 0 Å². The Balaban J connectivity index is 2.05. The topological polar surface area (TPSA) is 88.9 Å².